The van der Waals surface area contributed by atoms with E-state index in [0.29, 0.717) is 17.5 Å². The van der Waals surface area contributed by atoms with E-state index in [1.165, 1.54) is 12.7 Å². The highest BCUT2D eigenvalue weighted by atomic mass is 32.2. The Kier molecular flexibility index (Phi) is 6.77. The molecule has 2 heterocycles. The standard InChI is InChI=1S/C23H29N7O2S/c1-24-33(31,32)21-6-4-5-18(17-21)26-22-11-12-25-23(27-22)29(3)19-7-9-20(10-8-19)30-15-13-28(2)14-16-30/h4-12,17,24H,13-16H2,1-3H3,(H,25,26,27). The van der Waals surface area contributed by atoms with Crippen molar-refractivity contribution in [3.63, 3.8) is 0 Å². The molecule has 1 fully saturated rings. The lowest BCUT2D eigenvalue weighted by Crippen LogP contribution is -2.44. The van der Waals surface area contributed by atoms with Crippen LogP contribution < -0.4 is 19.8 Å². The van der Waals surface area contributed by atoms with Crippen LogP contribution in [0, 0.1) is 0 Å². The molecule has 3 aromatic rings. The largest absolute Gasteiger partial charge is 0.369 e. The topological polar surface area (TPSA) is 93.7 Å². The van der Waals surface area contributed by atoms with Gasteiger partial charge in [-0.15, -0.1) is 0 Å². The van der Waals surface area contributed by atoms with Crippen LogP contribution in [0.2, 0.25) is 0 Å². The van der Waals surface area contributed by atoms with Crippen LogP contribution in [-0.2, 0) is 10.0 Å². The van der Waals surface area contributed by atoms with Crippen molar-refractivity contribution in [3.8, 4) is 0 Å². The minimum atomic E-state index is -3.52. The first-order valence-electron chi connectivity index (χ1n) is 10.8. The van der Waals surface area contributed by atoms with Crippen LogP contribution in [0.5, 0.6) is 0 Å². The number of sulfonamides is 1. The van der Waals surface area contributed by atoms with Gasteiger partial charge in [-0.1, -0.05) is 6.07 Å². The number of aromatic nitrogens is 2. The Morgan fingerprint density at radius 1 is 1.00 bits per heavy atom. The summed E-state index contributed by atoms with van der Waals surface area (Å²) < 4.78 is 26.5. The van der Waals surface area contributed by atoms with Crippen molar-refractivity contribution in [2.75, 3.05) is 62.4 Å². The van der Waals surface area contributed by atoms with Gasteiger partial charge >= 0.3 is 0 Å². The minimum absolute atomic E-state index is 0.182. The van der Waals surface area contributed by atoms with Gasteiger partial charge < -0.3 is 20.0 Å². The second-order valence-electron chi connectivity index (χ2n) is 7.97. The van der Waals surface area contributed by atoms with Gasteiger partial charge in [0.1, 0.15) is 5.82 Å². The van der Waals surface area contributed by atoms with Gasteiger partial charge in [-0.3, -0.25) is 0 Å². The van der Waals surface area contributed by atoms with Gasteiger partial charge in [0.25, 0.3) is 0 Å². The average Bonchev–Trinajstić information content (AvgIpc) is 2.84. The van der Waals surface area contributed by atoms with E-state index >= 15 is 0 Å². The van der Waals surface area contributed by atoms with Gasteiger partial charge in [0.05, 0.1) is 4.90 Å². The van der Waals surface area contributed by atoms with Gasteiger partial charge in [-0.05, 0) is 62.6 Å². The summed E-state index contributed by atoms with van der Waals surface area (Å²) in [7, 11) is 1.94. The Hall–Kier alpha value is -3.21. The third-order valence-electron chi connectivity index (χ3n) is 5.73. The molecule has 1 aliphatic rings. The van der Waals surface area contributed by atoms with E-state index in [9.17, 15) is 8.42 Å². The zero-order chi connectivity index (χ0) is 23.4. The summed E-state index contributed by atoms with van der Waals surface area (Å²) in [4.78, 5) is 15.8. The molecule has 9 nitrogen and oxygen atoms in total. The highest BCUT2D eigenvalue weighted by Crippen LogP contribution is 2.26. The lowest BCUT2D eigenvalue weighted by molar-refractivity contribution is 0.313. The van der Waals surface area contributed by atoms with Gasteiger partial charge in [-0.2, -0.15) is 4.98 Å². The van der Waals surface area contributed by atoms with Crippen molar-refractivity contribution >= 4 is 38.9 Å². The molecule has 0 spiro atoms. The van der Waals surface area contributed by atoms with E-state index in [1.54, 1.807) is 36.5 Å². The minimum Gasteiger partial charge on any atom is -0.369 e. The van der Waals surface area contributed by atoms with Crippen molar-refractivity contribution in [3.05, 3.63) is 60.8 Å². The maximum Gasteiger partial charge on any atom is 0.240 e. The number of piperazine rings is 1. The fourth-order valence-electron chi connectivity index (χ4n) is 3.65. The van der Waals surface area contributed by atoms with Crippen molar-refractivity contribution in [2.24, 2.45) is 0 Å². The van der Waals surface area contributed by atoms with Gasteiger partial charge in [-0.25, -0.2) is 18.1 Å². The number of likely N-dealkylation sites (N-methyl/N-ethyl adjacent to an activating group) is 1. The van der Waals surface area contributed by atoms with Crippen LogP contribution in [0.3, 0.4) is 0 Å². The molecule has 0 radical (unpaired) electrons. The first-order valence-corrected chi connectivity index (χ1v) is 12.2. The second kappa shape index (κ2) is 9.74. The fourth-order valence-corrected chi connectivity index (χ4v) is 4.43. The third kappa shape index (κ3) is 5.41. The first kappa shape index (κ1) is 23.0. The Labute approximate surface area is 195 Å². The smallest absolute Gasteiger partial charge is 0.240 e. The quantitative estimate of drug-likeness (QED) is 0.548. The molecule has 174 valence electrons. The molecule has 4 rings (SSSR count). The summed E-state index contributed by atoms with van der Waals surface area (Å²) in [5, 5.41) is 3.16. The Bertz CT molecular complexity index is 1190. The van der Waals surface area contributed by atoms with Gasteiger partial charge in [0.2, 0.25) is 16.0 Å². The fraction of sp³-hybridized carbons (Fsp3) is 0.304. The van der Waals surface area contributed by atoms with Crippen molar-refractivity contribution in [2.45, 2.75) is 4.90 Å². The number of hydrogen-bond donors (Lipinski definition) is 2. The maximum atomic E-state index is 12.1. The SMILES string of the molecule is CNS(=O)(=O)c1cccc(Nc2ccnc(N(C)c3ccc(N4CCN(C)CC4)cc3)n2)c1. The summed E-state index contributed by atoms with van der Waals surface area (Å²) in [5.41, 5.74) is 2.82. The molecule has 1 aliphatic heterocycles. The molecular formula is C23H29N7O2S. The summed E-state index contributed by atoms with van der Waals surface area (Å²) in [5.74, 6) is 1.10. The normalized spacial score (nSPS) is 14.8. The molecule has 1 aromatic heterocycles. The van der Waals surface area contributed by atoms with Crippen molar-refractivity contribution in [1.29, 1.82) is 0 Å². The second-order valence-corrected chi connectivity index (χ2v) is 9.85. The average molecular weight is 468 g/mol. The highest BCUT2D eigenvalue weighted by molar-refractivity contribution is 7.89. The zero-order valence-electron chi connectivity index (χ0n) is 19.1. The lowest BCUT2D eigenvalue weighted by atomic mass is 10.2. The maximum absolute atomic E-state index is 12.1. The van der Waals surface area contributed by atoms with E-state index in [2.05, 4.69) is 61.1 Å². The Balaban J connectivity index is 1.48. The van der Waals surface area contributed by atoms with E-state index < -0.39 is 10.0 Å². The van der Waals surface area contributed by atoms with Crippen LogP contribution in [0.1, 0.15) is 0 Å². The molecule has 0 unspecified atom stereocenters. The van der Waals surface area contributed by atoms with Gasteiger partial charge in [0.15, 0.2) is 0 Å². The summed E-state index contributed by atoms with van der Waals surface area (Å²) in [6.07, 6.45) is 1.67. The molecule has 0 aliphatic carbocycles. The number of anilines is 5. The molecule has 33 heavy (non-hydrogen) atoms. The number of hydrogen-bond acceptors (Lipinski definition) is 8. The van der Waals surface area contributed by atoms with Crippen LogP contribution in [0.15, 0.2) is 65.7 Å². The van der Waals surface area contributed by atoms with Crippen molar-refractivity contribution < 1.29 is 8.42 Å². The summed E-state index contributed by atoms with van der Waals surface area (Å²) >= 11 is 0. The third-order valence-corrected chi connectivity index (χ3v) is 7.15. The molecule has 2 N–H and O–H groups in total. The molecule has 10 heteroatoms. The summed E-state index contributed by atoms with van der Waals surface area (Å²) in [6.45, 7) is 4.19. The number of nitrogens with one attached hydrogen (secondary N) is 2. The van der Waals surface area contributed by atoms with E-state index in [-0.39, 0.29) is 4.90 Å². The molecule has 1 saturated heterocycles. The molecule has 0 atom stereocenters. The van der Waals surface area contributed by atoms with Crippen LogP contribution in [0.25, 0.3) is 0 Å². The molecule has 2 aromatic carbocycles. The molecular weight excluding hydrogens is 438 g/mol. The lowest BCUT2D eigenvalue weighted by Gasteiger charge is -2.34. The zero-order valence-corrected chi connectivity index (χ0v) is 19.9. The molecule has 0 saturated carbocycles. The molecule has 0 amide bonds. The van der Waals surface area contributed by atoms with Gasteiger partial charge in [0, 0.05) is 56.5 Å². The van der Waals surface area contributed by atoms with Crippen LogP contribution >= 0.6 is 0 Å². The number of rotatable bonds is 7. The monoisotopic (exact) mass is 467 g/mol. The Morgan fingerprint density at radius 2 is 1.73 bits per heavy atom. The van der Waals surface area contributed by atoms with Crippen molar-refractivity contribution in [1.82, 2.24) is 19.6 Å². The predicted molar refractivity (Wildman–Crippen MR) is 132 cm³/mol. The number of benzene rings is 2. The van der Waals surface area contributed by atoms with Crippen LogP contribution in [0.4, 0.5) is 28.8 Å². The van der Waals surface area contributed by atoms with E-state index in [4.69, 9.17) is 0 Å². The Morgan fingerprint density at radius 3 is 2.42 bits per heavy atom. The number of nitrogens with zero attached hydrogens (tertiary/aromatic N) is 5. The predicted octanol–water partition coefficient (Wildman–Crippen LogP) is 2.65. The highest BCUT2D eigenvalue weighted by Gasteiger charge is 2.15. The molecule has 0 bridgehead atoms. The van der Waals surface area contributed by atoms with E-state index in [1.807, 2.05) is 11.9 Å². The van der Waals surface area contributed by atoms with Crippen LogP contribution in [-0.4, -0.2) is 70.6 Å². The first-order chi connectivity index (χ1) is 15.9. The summed E-state index contributed by atoms with van der Waals surface area (Å²) in [6, 6.07) is 16.7. The van der Waals surface area contributed by atoms with E-state index in [0.717, 1.165) is 31.9 Å².